The van der Waals surface area contributed by atoms with Crippen molar-refractivity contribution in [1.82, 2.24) is 0 Å². The van der Waals surface area contributed by atoms with Gasteiger partial charge >= 0.3 is 11.4 Å². The molecule has 2 nitrogen and oxygen atoms in total. The highest BCUT2D eigenvalue weighted by atomic mass is 14.6. The number of para-hydroxylation sites is 2. The molecule has 0 amide bonds. The van der Waals surface area contributed by atoms with Crippen LogP contribution >= 0.6 is 0 Å². The normalized spacial score (nSPS) is 9.73. The lowest BCUT2D eigenvalue weighted by molar-refractivity contribution is 1.60. The Labute approximate surface area is 129 Å². The Hall–Kier alpha value is -3.36. The van der Waals surface area contributed by atoms with Crippen LogP contribution in [0.25, 0.3) is 31.9 Å². The molecular formula is C20H14N2+2. The maximum absolute atomic E-state index is 5.45. The van der Waals surface area contributed by atoms with Gasteiger partial charge in [0.2, 0.25) is 0 Å². The molecule has 0 N–H and O–H groups in total. The number of hydrogen-bond donors (Lipinski definition) is 0. The van der Waals surface area contributed by atoms with Gasteiger partial charge in [-0.25, -0.2) is 0 Å². The monoisotopic (exact) mass is 282 g/mol. The zero-order valence-corrected chi connectivity index (χ0v) is 12.0. The van der Waals surface area contributed by atoms with Crippen LogP contribution in [-0.2, 0) is 0 Å². The Morgan fingerprint density at radius 2 is 0.864 bits per heavy atom. The van der Waals surface area contributed by atoms with Gasteiger partial charge in [0.1, 0.15) is 0 Å². The SMILES string of the molecule is C#[N+]c1ccccc1-c1ccc(-c2ccccc2[N+]#C)cc1. The van der Waals surface area contributed by atoms with E-state index in [9.17, 15) is 0 Å². The van der Waals surface area contributed by atoms with Gasteiger partial charge in [-0.1, -0.05) is 48.5 Å². The Morgan fingerprint density at radius 3 is 1.23 bits per heavy atom. The van der Waals surface area contributed by atoms with Crippen molar-refractivity contribution in [3.63, 3.8) is 0 Å². The predicted octanol–water partition coefficient (Wildman–Crippen LogP) is 6.21. The van der Waals surface area contributed by atoms with Crippen molar-refractivity contribution in [2.24, 2.45) is 0 Å². The lowest BCUT2D eigenvalue weighted by Gasteiger charge is -2.03. The second-order valence-corrected chi connectivity index (χ2v) is 4.87. The highest BCUT2D eigenvalue weighted by Crippen LogP contribution is 2.34. The van der Waals surface area contributed by atoms with Crippen molar-refractivity contribution in [3.05, 3.63) is 82.5 Å². The average Bonchev–Trinajstić information content (AvgIpc) is 2.62. The highest BCUT2D eigenvalue weighted by molar-refractivity contribution is 5.83. The van der Waals surface area contributed by atoms with Gasteiger partial charge in [0.25, 0.3) is 13.1 Å². The molecule has 22 heavy (non-hydrogen) atoms. The third-order valence-electron chi connectivity index (χ3n) is 3.59. The van der Waals surface area contributed by atoms with E-state index in [1.807, 2.05) is 72.8 Å². The van der Waals surface area contributed by atoms with Gasteiger partial charge in [0.05, 0.1) is 11.1 Å². The maximum Gasteiger partial charge on any atom is 0.347 e. The van der Waals surface area contributed by atoms with Gasteiger partial charge in [0.15, 0.2) is 0 Å². The lowest BCUT2D eigenvalue weighted by Crippen LogP contribution is -1.81. The second-order valence-electron chi connectivity index (χ2n) is 4.87. The van der Waals surface area contributed by atoms with Gasteiger partial charge in [-0.05, 0) is 32.9 Å². The summed E-state index contributed by atoms with van der Waals surface area (Å²) in [6, 6.07) is 23.8. The van der Waals surface area contributed by atoms with Gasteiger partial charge in [-0.2, -0.15) is 0 Å². The summed E-state index contributed by atoms with van der Waals surface area (Å²) in [7, 11) is 0. The van der Waals surface area contributed by atoms with Crippen LogP contribution < -0.4 is 0 Å². The van der Waals surface area contributed by atoms with Crippen LogP contribution in [0, 0.1) is 13.1 Å². The standard InChI is InChI=1S/C20H14N2/c1-21-19-9-5-3-7-17(19)15-11-13-16(14-12-15)18-8-4-6-10-20(18)22-2/h1-14H/q+2. The van der Waals surface area contributed by atoms with E-state index in [1.54, 1.807) is 0 Å². The Balaban J connectivity index is 2.04. The first-order valence-electron chi connectivity index (χ1n) is 6.94. The van der Waals surface area contributed by atoms with Crippen LogP contribution in [0.5, 0.6) is 0 Å². The quantitative estimate of drug-likeness (QED) is 0.528. The fourth-order valence-corrected chi connectivity index (χ4v) is 2.49. The van der Waals surface area contributed by atoms with E-state index in [0.29, 0.717) is 0 Å². The number of hydrogen-bond acceptors (Lipinski definition) is 0. The molecule has 2 heteroatoms. The number of nitrogens with zero attached hydrogens (tertiary/aromatic N) is 2. The topological polar surface area (TPSA) is 8.72 Å². The molecule has 0 aromatic heterocycles. The molecule has 3 aromatic carbocycles. The van der Waals surface area contributed by atoms with Crippen LogP contribution in [0.3, 0.4) is 0 Å². The van der Waals surface area contributed by atoms with E-state index in [4.69, 9.17) is 13.1 Å². The maximum atomic E-state index is 5.45. The number of rotatable bonds is 2. The average molecular weight is 282 g/mol. The second kappa shape index (κ2) is 5.95. The molecule has 0 fully saturated rings. The Kier molecular flexibility index (Phi) is 3.69. The molecule has 0 spiro atoms. The molecule has 3 rings (SSSR count). The van der Waals surface area contributed by atoms with E-state index in [0.717, 1.165) is 33.6 Å². The van der Waals surface area contributed by atoms with Gasteiger partial charge in [-0.3, -0.25) is 0 Å². The summed E-state index contributed by atoms with van der Waals surface area (Å²) in [5, 5.41) is 0. The molecule has 0 radical (unpaired) electrons. The highest BCUT2D eigenvalue weighted by Gasteiger charge is 2.14. The Morgan fingerprint density at radius 1 is 0.500 bits per heavy atom. The van der Waals surface area contributed by atoms with Crippen LogP contribution in [0.4, 0.5) is 11.4 Å². The molecular weight excluding hydrogens is 268 g/mol. The summed E-state index contributed by atoms with van der Waals surface area (Å²) < 4.78 is 0. The fraction of sp³-hybridized carbons (Fsp3) is 0. The summed E-state index contributed by atoms with van der Waals surface area (Å²) >= 11 is 0. The van der Waals surface area contributed by atoms with E-state index in [1.165, 1.54) is 0 Å². The molecule has 0 heterocycles. The first-order valence-corrected chi connectivity index (χ1v) is 6.94. The van der Waals surface area contributed by atoms with Gasteiger partial charge in [0, 0.05) is 12.1 Å². The van der Waals surface area contributed by atoms with E-state index >= 15 is 0 Å². The zero-order chi connectivity index (χ0) is 15.4. The molecule has 0 saturated carbocycles. The molecule has 102 valence electrons. The summed E-state index contributed by atoms with van der Waals surface area (Å²) in [6.07, 6.45) is 0. The van der Waals surface area contributed by atoms with Crippen molar-refractivity contribution in [1.29, 1.82) is 0 Å². The minimum absolute atomic E-state index is 0.771. The van der Waals surface area contributed by atoms with E-state index in [-0.39, 0.29) is 0 Å². The van der Waals surface area contributed by atoms with Crippen molar-refractivity contribution in [3.8, 4) is 35.4 Å². The van der Waals surface area contributed by atoms with Gasteiger partial charge in [-0.15, -0.1) is 0 Å². The van der Waals surface area contributed by atoms with Crippen LogP contribution in [0.2, 0.25) is 0 Å². The molecule has 0 bridgehead atoms. The van der Waals surface area contributed by atoms with E-state index in [2.05, 4.69) is 9.69 Å². The Bertz CT molecular complexity index is 817. The first-order chi connectivity index (χ1) is 10.8. The summed E-state index contributed by atoms with van der Waals surface area (Å²) in [4.78, 5) is 7.65. The zero-order valence-electron chi connectivity index (χ0n) is 12.0. The molecule has 0 unspecified atom stereocenters. The van der Waals surface area contributed by atoms with Crippen LogP contribution in [-0.4, -0.2) is 0 Å². The third-order valence-corrected chi connectivity index (χ3v) is 3.59. The van der Waals surface area contributed by atoms with Crippen molar-refractivity contribution in [2.45, 2.75) is 0 Å². The van der Waals surface area contributed by atoms with Crippen molar-refractivity contribution < 1.29 is 0 Å². The third kappa shape index (κ3) is 2.46. The summed E-state index contributed by atoms with van der Waals surface area (Å²) in [5.74, 6) is 0. The molecule has 0 atom stereocenters. The van der Waals surface area contributed by atoms with Crippen LogP contribution in [0.1, 0.15) is 0 Å². The molecule has 0 saturated heterocycles. The summed E-state index contributed by atoms with van der Waals surface area (Å²) in [6.45, 7) is 10.9. The largest absolute Gasteiger partial charge is 0.347 e. The first kappa shape index (κ1) is 13.6. The molecule has 3 aromatic rings. The lowest BCUT2D eigenvalue weighted by atomic mass is 9.98. The fourth-order valence-electron chi connectivity index (χ4n) is 2.49. The van der Waals surface area contributed by atoms with Gasteiger partial charge < -0.3 is 0 Å². The van der Waals surface area contributed by atoms with Crippen LogP contribution in [0.15, 0.2) is 72.8 Å². The molecule has 0 aliphatic carbocycles. The predicted molar refractivity (Wildman–Crippen MR) is 93.2 cm³/mol. The molecule has 0 aliphatic heterocycles. The summed E-state index contributed by atoms with van der Waals surface area (Å²) in [5.41, 5.74) is 5.69. The minimum atomic E-state index is 0.771. The molecule has 0 aliphatic rings. The van der Waals surface area contributed by atoms with Crippen molar-refractivity contribution in [2.75, 3.05) is 0 Å². The smallest absolute Gasteiger partial charge is 0.0611 e. The van der Waals surface area contributed by atoms with Crippen molar-refractivity contribution >= 4 is 11.4 Å². The van der Waals surface area contributed by atoms with E-state index < -0.39 is 0 Å². The minimum Gasteiger partial charge on any atom is -0.0611 e. The number of benzene rings is 3.